The summed E-state index contributed by atoms with van der Waals surface area (Å²) >= 11 is 0. The summed E-state index contributed by atoms with van der Waals surface area (Å²) in [6, 6.07) is 0.110. The van der Waals surface area contributed by atoms with E-state index in [0.29, 0.717) is 13.1 Å². The summed E-state index contributed by atoms with van der Waals surface area (Å²) in [5, 5.41) is 3.06. The van der Waals surface area contributed by atoms with E-state index in [1.807, 2.05) is 13.1 Å². The molecular weight excluding hydrogens is 171 g/mol. The van der Waals surface area contributed by atoms with Crippen molar-refractivity contribution >= 4 is 6.16 Å². The average molecular weight is 186 g/mol. The molecule has 13 heavy (non-hydrogen) atoms. The van der Waals surface area contributed by atoms with Crippen LogP contribution < -0.4 is 5.32 Å². The van der Waals surface area contributed by atoms with Crippen LogP contribution in [0.4, 0.5) is 9.18 Å². The number of halogens is 1. The summed E-state index contributed by atoms with van der Waals surface area (Å²) in [6.45, 7) is 2.89. The lowest BCUT2D eigenvalue weighted by Crippen LogP contribution is -2.45. The quantitative estimate of drug-likeness (QED) is 0.400. The zero-order valence-electron chi connectivity index (χ0n) is 8.01. The van der Waals surface area contributed by atoms with Gasteiger partial charge in [0.15, 0.2) is 0 Å². The van der Waals surface area contributed by atoms with Gasteiger partial charge in [0.1, 0.15) is 0 Å². The van der Waals surface area contributed by atoms with Crippen molar-refractivity contribution in [2.24, 2.45) is 0 Å². The zero-order valence-corrected chi connectivity index (χ0v) is 8.01. The van der Waals surface area contributed by atoms with Crippen molar-refractivity contribution in [2.45, 2.75) is 19.4 Å². The number of carbonyl (C=O) groups is 1. The zero-order chi connectivity index (χ0) is 9.84. The molecule has 0 saturated heterocycles. The van der Waals surface area contributed by atoms with E-state index in [-0.39, 0.29) is 6.04 Å². The van der Waals surface area contributed by atoms with Gasteiger partial charge in [-0.15, -0.1) is 4.39 Å². The van der Waals surface area contributed by atoms with Gasteiger partial charge in [-0.25, -0.2) is 4.79 Å². The second-order valence-corrected chi connectivity index (χ2v) is 3.13. The van der Waals surface area contributed by atoms with Gasteiger partial charge >= 0.3 is 6.16 Å². The molecule has 1 rings (SSSR count). The average Bonchev–Trinajstić information content (AvgIpc) is 2.16. The smallest absolute Gasteiger partial charge is 0.312 e. The van der Waals surface area contributed by atoms with Crippen molar-refractivity contribution in [3.8, 4) is 0 Å². The standard InChI is InChI=1S/C9H15FN2O/c1-3-7-4-5-12(9(10)13)6-8(7)11-2/h4,8,11H,3,5-6H2,1-2H3. The Kier molecular flexibility index (Phi) is 3.42. The molecule has 0 aliphatic carbocycles. The fourth-order valence-electron chi connectivity index (χ4n) is 1.59. The van der Waals surface area contributed by atoms with Crippen molar-refractivity contribution in [3.63, 3.8) is 0 Å². The van der Waals surface area contributed by atoms with Crippen molar-refractivity contribution in [3.05, 3.63) is 11.6 Å². The van der Waals surface area contributed by atoms with Gasteiger partial charge in [0.25, 0.3) is 0 Å². The molecule has 1 aliphatic rings. The van der Waals surface area contributed by atoms with Crippen molar-refractivity contribution < 1.29 is 9.18 Å². The molecule has 0 aromatic rings. The highest BCUT2D eigenvalue weighted by Gasteiger charge is 2.23. The summed E-state index contributed by atoms with van der Waals surface area (Å²) in [5.74, 6) is 0. The van der Waals surface area contributed by atoms with Crippen LogP contribution in [-0.2, 0) is 0 Å². The summed E-state index contributed by atoms with van der Waals surface area (Å²) < 4.78 is 12.4. The molecule has 0 radical (unpaired) electrons. The molecular formula is C9H15FN2O. The largest absolute Gasteiger partial charge is 0.400 e. The summed E-state index contributed by atoms with van der Waals surface area (Å²) in [4.78, 5) is 11.7. The maximum Gasteiger partial charge on any atom is 0.400 e. The Morgan fingerprint density at radius 3 is 3.00 bits per heavy atom. The van der Waals surface area contributed by atoms with Crippen molar-refractivity contribution in [1.82, 2.24) is 10.2 Å². The van der Waals surface area contributed by atoms with Gasteiger partial charge in [-0.1, -0.05) is 18.6 Å². The van der Waals surface area contributed by atoms with E-state index >= 15 is 0 Å². The molecule has 0 fully saturated rings. The Labute approximate surface area is 77.6 Å². The lowest BCUT2D eigenvalue weighted by atomic mass is 10.0. The van der Waals surface area contributed by atoms with Gasteiger partial charge in [-0.05, 0) is 13.5 Å². The number of rotatable bonds is 2. The van der Waals surface area contributed by atoms with Gasteiger partial charge in [0.2, 0.25) is 0 Å². The molecule has 1 atom stereocenters. The number of likely N-dealkylation sites (N-methyl/N-ethyl adjacent to an activating group) is 1. The fourth-order valence-corrected chi connectivity index (χ4v) is 1.59. The normalized spacial score (nSPS) is 22.8. The number of carbonyl (C=O) groups excluding carboxylic acids is 1. The maximum atomic E-state index is 12.4. The topological polar surface area (TPSA) is 32.3 Å². The minimum atomic E-state index is -1.34. The molecule has 74 valence electrons. The molecule has 0 saturated carbocycles. The molecule has 1 aliphatic heterocycles. The minimum absolute atomic E-state index is 0.110. The van der Waals surface area contributed by atoms with Gasteiger partial charge < -0.3 is 10.2 Å². The molecule has 1 unspecified atom stereocenters. The van der Waals surface area contributed by atoms with Gasteiger partial charge in [-0.3, -0.25) is 0 Å². The Hall–Kier alpha value is -0.900. The predicted molar refractivity (Wildman–Crippen MR) is 49.3 cm³/mol. The molecule has 1 heterocycles. The first-order valence-corrected chi connectivity index (χ1v) is 4.49. The van der Waals surface area contributed by atoms with Gasteiger partial charge in [0, 0.05) is 19.1 Å². The minimum Gasteiger partial charge on any atom is -0.312 e. The highest BCUT2D eigenvalue weighted by molar-refractivity contribution is 5.66. The Morgan fingerprint density at radius 2 is 2.54 bits per heavy atom. The number of nitrogens with zero attached hydrogens (tertiary/aromatic N) is 1. The lowest BCUT2D eigenvalue weighted by molar-refractivity contribution is 0.173. The predicted octanol–water partition coefficient (Wildman–Crippen LogP) is 1.32. The van der Waals surface area contributed by atoms with Crippen LogP contribution in [0.25, 0.3) is 0 Å². The van der Waals surface area contributed by atoms with Crippen LogP contribution >= 0.6 is 0 Å². The van der Waals surface area contributed by atoms with Crippen LogP contribution in [0.1, 0.15) is 13.3 Å². The lowest BCUT2D eigenvalue weighted by Gasteiger charge is -2.30. The first kappa shape index (κ1) is 10.2. The van der Waals surface area contributed by atoms with E-state index < -0.39 is 6.16 Å². The van der Waals surface area contributed by atoms with Crippen molar-refractivity contribution in [2.75, 3.05) is 20.1 Å². The number of amides is 1. The van der Waals surface area contributed by atoms with Crippen molar-refractivity contribution in [1.29, 1.82) is 0 Å². The molecule has 0 aromatic heterocycles. The second kappa shape index (κ2) is 4.37. The van der Waals surface area contributed by atoms with E-state index in [0.717, 1.165) is 6.42 Å². The fraction of sp³-hybridized carbons (Fsp3) is 0.667. The Bertz CT molecular complexity index is 228. The van der Waals surface area contributed by atoms with Crippen LogP contribution in [0.15, 0.2) is 11.6 Å². The van der Waals surface area contributed by atoms with Crippen LogP contribution in [0.3, 0.4) is 0 Å². The highest BCUT2D eigenvalue weighted by Crippen LogP contribution is 2.14. The molecule has 3 nitrogen and oxygen atoms in total. The van der Waals surface area contributed by atoms with E-state index in [1.165, 1.54) is 10.5 Å². The van der Waals surface area contributed by atoms with E-state index in [1.54, 1.807) is 0 Å². The second-order valence-electron chi connectivity index (χ2n) is 3.13. The van der Waals surface area contributed by atoms with Crippen LogP contribution in [0, 0.1) is 0 Å². The summed E-state index contributed by atoms with van der Waals surface area (Å²) in [6.07, 6.45) is 1.52. The van der Waals surface area contributed by atoms with E-state index in [2.05, 4.69) is 12.2 Å². The molecule has 0 spiro atoms. The number of hydrogen-bond donors (Lipinski definition) is 1. The third-order valence-corrected chi connectivity index (χ3v) is 2.43. The number of hydrogen-bond acceptors (Lipinski definition) is 2. The SMILES string of the molecule is CCC1=CCN(C(=O)F)CC1NC. The monoisotopic (exact) mass is 186 g/mol. The summed E-state index contributed by atoms with van der Waals surface area (Å²) in [5.41, 5.74) is 1.25. The molecule has 0 bridgehead atoms. The maximum absolute atomic E-state index is 12.4. The Balaban J connectivity index is 2.67. The molecule has 0 aromatic carbocycles. The van der Waals surface area contributed by atoms with Gasteiger partial charge in [-0.2, -0.15) is 0 Å². The summed E-state index contributed by atoms with van der Waals surface area (Å²) in [7, 11) is 1.82. The first-order chi connectivity index (χ1) is 6.19. The third-order valence-electron chi connectivity index (χ3n) is 2.43. The van der Waals surface area contributed by atoms with E-state index in [9.17, 15) is 9.18 Å². The third kappa shape index (κ3) is 2.28. The molecule has 1 amide bonds. The van der Waals surface area contributed by atoms with E-state index in [4.69, 9.17) is 0 Å². The van der Waals surface area contributed by atoms with Crippen LogP contribution in [0.2, 0.25) is 0 Å². The van der Waals surface area contributed by atoms with Gasteiger partial charge in [0.05, 0.1) is 0 Å². The highest BCUT2D eigenvalue weighted by atomic mass is 19.1. The number of nitrogens with one attached hydrogen (secondary N) is 1. The molecule has 4 heteroatoms. The van der Waals surface area contributed by atoms with Crippen LogP contribution in [-0.4, -0.2) is 37.2 Å². The van der Waals surface area contributed by atoms with Crippen LogP contribution in [0.5, 0.6) is 0 Å². The Morgan fingerprint density at radius 1 is 1.85 bits per heavy atom. The first-order valence-electron chi connectivity index (χ1n) is 4.49. The molecule has 1 N–H and O–H groups in total.